The van der Waals surface area contributed by atoms with Gasteiger partial charge in [0.1, 0.15) is 0 Å². The van der Waals surface area contributed by atoms with Crippen LogP contribution in [0.3, 0.4) is 0 Å². The van der Waals surface area contributed by atoms with Crippen molar-refractivity contribution in [3.05, 3.63) is 35.9 Å². The second-order valence-electron chi connectivity index (χ2n) is 8.46. The molecule has 0 bridgehead atoms. The summed E-state index contributed by atoms with van der Waals surface area (Å²) >= 11 is 0. The molecule has 0 aromatic heterocycles. The van der Waals surface area contributed by atoms with E-state index in [2.05, 4.69) is 24.4 Å². The van der Waals surface area contributed by atoms with Gasteiger partial charge in [0.2, 0.25) is 5.91 Å². The van der Waals surface area contributed by atoms with E-state index in [1.165, 1.54) is 63.4 Å². The highest BCUT2D eigenvalue weighted by atomic mass is 16.3. The van der Waals surface area contributed by atoms with Gasteiger partial charge in [0.15, 0.2) is 0 Å². The lowest BCUT2D eigenvalue weighted by molar-refractivity contribution is -0.121. The Morgan fingerprint density at radius 1 is 0.828 bits per heavy atom. The summed E-state index contributed by atoms with van der Waals surface area (Å²) in [7, 11) is 0. The summed E-state index contributed by atoms with van der Waals surface area (Å²) in [5.74, 6) is 0.179. The third-order valence-electron chi connectivity index (χ3n) is 5.66. The van der Waals surface area contributed by atoms with E-state index < -0.39 is 0 Å². The molecule has 3 heteroatoms. The Labute approximate surface area is 179 Å². The number of carbonyl (C=O) groups is 1. The van der Waals surface area contributed by atoms with Gasteiger partial charge in [0, 0.05) is 13.0 Å². The second-order valence-corrected chi connectivity index (χ2v) is 8.46. The van der Waals surface area contributed by atoms with E-state index in [0.717, 1.165) is 45.1 Å². The molecule has 29 heavy (non-hydrogen) atoms. The minimum atomic E-state index is -0.0965. The fourth-order valence-electron chi connectivity index (χ4n) is 3.76. The topological polar surface area (TPSA) is 49.3 Å². The normalized spacial score (nSPS) is 12.1. The van der Waals surface area contributed by atoms with Crippen molar-refractivity contribution in [3.8, 4) is 0 Å². The van der Waals surface area contributed by atoms with Crippen LogP contribution in [0.2, 0.25) is 0 Å². The summed E-state index contributed by atoms with van der Waals surface area (Å²) in [5.41, 5.74) is 1.27. The first-order chi connectivity index (χ1) is 14.2. The Balaban J connectivity index is 1.82. The monoisotopic (exact) mass is 403 g/mol. The summed E-state index contributed by atoms with van der Waals surface area (Å²) < 4.78 is 0. The largest absolute Gasteiger partial charge is 0.393 e. The number of hydrogen-bond donors (Lipinski definition) is 2. The van der Waals surface area contributed by atoms with Gasteiger partial charge in [-0.15, -0.1) is 0 Å². The molecule has 0 saturated carbocycles. The quantitative estimate of drug-likeness (QED) is 0.256. The zero-order valence-corrected chi connectivity index (χ0v) is 18.8. The molecule has 0 saturated heterocycles. The van der Waals surface area contributed by atoms with Crippen molar-refractivity contribution in [2.45, 2.75) is 116 Å². The minimum Gasteiger partial charge on any atom is -0.393 e. The molecule has 0 aliphatic heterocycles. The van der Waals surface area contributed by atoms with Crippen LogP contribution in [0.1, 0.15) is 109 Å². The number of unbranched alkanes of at least 4 members (excludes halogenated alkanes) is 10. The molecule has 1 rings (SSSR count). The molecule has 1 aromatic carbocycles. The SMILES string of the molecule is CCCCCCCCC(O)CCCCCCCCC(=O)NCCc1ccccc1. The molecule has 0 radical (unpaired) electrons. The minimum absolute atomic E-state index is 0.0965. The van der Waals surface area contributed by atoms with Crippen LogP contribution >= 0.6 is 0 Å². The summed E-state index contributed by atoms with van der Waals surface area (Å²) in [4.78, 5) is 11.9. The average molecular weight is 404 g/mol. The summed E-state index contributed by atoms with van der Waals surface area (Å²) in [6, 6.07) is 10.3. The molecule has 0 spiro atoms. The average Bonchev–Trinajstić information content (AvgIpc) is 2.73. The van der Waals surface area contributed by atoms with E-state index in [1.54, 1.807) is 0 Å². The molecule has 0 aliphatic carbocycles. The second kappa shape index (κ2) is 18.7. The third kappa shape index (κ3) is 16.2. The fourth-order valence-corrected chi connectivity index (χ4v) is 3.76. The van der Waals surface area contributed by atoms with Gasteiger partial charge in [-0.3, -0.25) is 4.79 Å². The molecule has 0 heterocycles. The van der Waals surface area contributed by atoms with Crippen LogP contribution in [0.15, 0.2) is 30.3 Å². The molecule has 166 valence electrons. The fraction of sp³-hybridized carbons (Fsp3) is 0.731. The van der Waals surface area contributed by atoms with Crippen LogP contribution in [0, 0.1) is 0 Å². The van der Waals surface area contributed by atoms with Crippen molar-refractivity contribution in [3.63, 3.8) is 0 Å². The maximum Gasteiger partial charge on any atom is 0.220 e. The van der Waals surface area contributed by atoms with Crippen molar-refractivity contribution in [2.75, 3.05) is 6.54 Å². The number of aliphatic hydroxyl groups excluding tert-OH is 1. The van der Waals surface area contributed by atoms with Gasteiger partial charge < -0.3 is 10.4 Å². The van der Waals surface area contributed by atoms with Crippen LogP contribution in [0.25, 0.3) is 0 Å². The lowest BCUT2D eigenvalue weighted by atomic mass is 10.0. The first kappa shape index (κ1) is 25.7. The van der Waals surface area contributed by atoms with Gasteiger partial charge in [-0.2, -0.15) is 0 Å². The molecule has 0 aliphatic rings. The molecule has 3 nitrogen and oxygen atoms in total. The molecule has 0 fully saturated rings. The Hall–Kier alpha value is -1.35. The number of aliphatic hydroxyl groups is 1. The Kier molecular flexibility index (Phi) is 16.5. The molecular formula is C26H45NO2. The van der Waals surface area contributed by atoms with Gasteiger partial charge in [-0.05, 0) is 31.2 Å². The number of rotatable bonds is 19. The predicted octanol–water partition coefficient (Wildman–Crippen LogP) is 6.58. The summed E-state index contributed by atoms with van der Waals surface area (Å²) in [6.45, 7) is 2.97. The highest BCUT2D eigenvalue weighted by Crippen LogP contribution is 2.14. The number of nitrogens with one attached hydrogen (secondary N) is 1. The van der Waals surface area contributed by atoms with Gasteiger partial charge in [0.05, 0.1) is 6.10 Å². The van der Waals surface area contributed by atoms with Crippen molar-refractivity contribution in [1.82, 2.24) is 5.32 Å². The Bertz CT molecular complexity index is 489. The summed E-state index contributed by atoms with van der Waals surface area (Å²) in [6.07, 6.45) is 18.0. The number of benzene rings is 1. The first-order valence-electron chi connectivity index (χ1n) is 12.2. The molecule has 1 atom stereocenters. The molecular weight excluding hydrogens is 358 g/mol. The van der Waals surface area contributed by atoms with E-state index in [-0.39, 0.29) is 12.0 Å². The van der Waals surface area contributed by atoms with Crippen molar-refractivity contribution < 1.29 is 9.90 Å². The first-order valence-corrected chi connectivity index (χ1v) is 12.2. The lowest BCUT2D eigenvalue weighted by Crippen LogP contribution is -2.25. The Morgan fingerprint density at radius 2 is 1.38 bits per heavy atom. The van der Waals surface area contributed by atoms with E-state index in [0.29, 0.717) is 6.42 Å². The third-order valence-corrected chi connectivity index (χ3v) is 5.66. The van der Waals surface area contributed by atoms with Gasteiger partial charge in [0.25, 0.3) is 0 Å². The van der Waals surface area contributed by atoms with Crippen molar-refractivity contribution in [2.24, 2.45) is 0 Å². The van der Waals surface area contributed by atoms with Crippen LogP contribution in [0.5, 0.6) is 0 Å². The zero-order valence-electron chi connectivity index (χ0n) is 18.8. The lowest BCUT2D eigenvalue weighted by Gasteiger charge is -2.10. The summed E-state index contributed by atoms with van der Waals surface area (Å²) in [5, 5.41) is 13.1. The van der Waals surface area contributed by atoms with Crippen LogP contribution in [-0.2, 0) is 11.2 Å². The highest BCUT2D eigenvalue weighted by molar-refractivity contribution is 5.75. The van der Waals surface area contributed by atoms with Crippen molar-refractivity contribution in [1.29, 1.82) is 0 Å². The standard InChI is InChI=1S/C26H45NO2/c1-2-3-4-5-8-14-19-25(28)20-15-9-6-7-10-16-21-26(29)27-23-22-24-17-12-11-13-18-24/h11-13,17-18,25,28H,2-10,14-16,19-23H2,1H3,(H,27,29). The molecule has 2 N–H and O–H groups in total. The number of carbonyl (C=O) groups excluding carboxylic acids is 1. The van der Waals surface area contributed by atoms with Crippen molar-refractivity contribution >= 4 is 5.91 Å². The van der Waals surface area contributed by atoms with E-state index in [1.807, 2.05) is 18.2 Å². The van der Waals surface area contributed by atoms with Gasteiger partial charge >= 0.3 is 0 Å². The van der Waals surface area contributed by atoms with Gasteiger partial charge in [-0.1, -0.05) is 108 Å². The van der Waals surface area contributed by atoms with E-state index >= 15 is 0 Å². The van der Waals surface area contributed by atoms with Crippen LogP contribution < -0.4 is 5.32 Å². The molecule has 1 unspecified atom stereocenters. The Morgan fingerprint density at radius 3 is 2.00 bits per heavy atom. The number of amides is 1. The zero-order chi connectivity index (χ0) is 21.0. The maximum absolute atomic E-state index is 11.9. The van der Waals surface area contributed by atoms with E-state index in [4.69, 9.17) is 0 Å². The maximum atomic E-state index is 11.9. The molecule has 1 amide bonds. The van der Waals surface area contributed by atoms with Gasteiger partial charge in [-0.25, -0.2) is 0 Å². The highest BCUT2D eigenvalue weighted by Gasteiger charge is 2.04. The number of hydrogen-bond acceptors (Lipinski definition) is 2. The predicted molar refractivity (Wildman–Crippen MR) is 124 cm³/mol. The smallest absolute Gasteiger partial charge is 0.220 e. The van der Waals surface area contributed by atoms with Crippen LogP contribution in [-0.4, -0.2) is 23.7 Å². The molecule has 1 aromatic rings. The van der Waals surface area contributed by atoms with Crippen LogP contribution in [0.4, 0.5) is 0 Å². The van der Waals surface area contributed by atoms with E-state index in [9.17, 15) is 9.90 Å².